The second-order valence-corrected chi connectivity index (χ2v) is 4.31. The van der Waals surface area contributed by atoms with E-state index in [9.17, 15) is 15.3 Å². The Hall–Kier alpha value is -1.44. The molecule has 0 bridgehead atoms. The molecule has 0 aromatic rings. The third-order valence-corrected chi connectivity index (χ3v) is 2.06. The molecule has 0 aliphatic rings. The van der Waals surface area contributed by atoms with Gasteiger partial charge in [0, 0.05) is 0 Å². The molecular formula is C8H16N6O4S2. The van der Waals surface area contributed by atoms with Crippen LogP contribution in [0.1, 0.15) is 0 Å². The van der Waals surface area contributed by atoms with Gasteiger partial charge in [-0.15, -0.1) is 0 Å². The summed E-state index contributed by atoms with van der Waals surface area (Å²) in [5.74, 6) is 0. The van der Waals surface area contributed by atoms with Crippen LogP contribution < -0.4 is 22.3 Å². The number of thiocarbonyl (C=S) groups is 2. The van der Waals surface area contributed by atoms with Crippen LogP contribution in [0.4, 0.5) is 0 Å². The predicted molar refractivity (Wildman–Crippen MR) is 80.9 cm³/mol. The van der Waals surface area contributed by atoms with Crippen molar-refractivity contribution in [3.05, 3.63) is 0 Å². The molecule has 0 aliphatic carbocycles. The van der Waals surface area contributed by atoms with Crippen molar-refractivity contribution in [2.75, 3.05) is 6.61 Å². The average Bonchev–Trinajstić information content (AvgIpc) is 2.39. The lowest BCUT2D eigenvalue weighted by molar-refractivity contribution is -0.0549. The van der Waals surface area contributed by atoms with Gasteiger partial charge in [0.2, 0.25) is 0 Å². The van der Waals surface area contributed by atoms with Crippen LogP contribution in [-0.2, 0) is 0 Å². The minimum atomic E-state index is -1.71. The molecule has 10 nitrogen and oxygen atoms in total. The monoisotopic (exact) mass is 324 g/mol. The number of hydrogen-bond acceptors (Lipinski definition) is 8. The Morgan fingerprint density at radius 3 is 2.15 bits per heavy atom. The lowest BCUT2D eigenvalue weighted by Gasteiger charge is -2.21. The molecule has 0 amide bonds. The highest BCUT2D eigenvalue weighted by atomic mass is 32.1. The molecule has 114 valence electrons. The first kappa shape index (κ1) is 18.6. The molecule has 0 fully saturated rings. The zero-order chi connectivity index (χ0) is 15.7. The van der Waals surface area contributed by atoms with Gasteiger partial charge < -0.3 is 31.9 Å². The summed E-state index contributed by atoms with van der Waals surface area (Å²) < 4.78 is 0. The number of aliphatic hydroxyl groups excluding tert-OH is 4. The number of hydrazone groups is 2. The number of nitrogens with zero attached hydrogens (tertiary/aromatic N) is 2. The first-order chi connectivity index (χ1) is 9.29. The van der Waals surface area contributed by atoms with Crippen LogP contribution in [0, 0.1) is 0 Å². The average molecular weight is 324 g/mol. The highest BCUT2D eigenvalue weighted by Gasteiger charge is 2.27. The lowest BCUT2D eigenvalue weighted by atomic mass is 10.0. The van der Waals surface area contributed by atoms with Crippen LogP contribution in [0.2, 0.25) is 0 Å². The normalized spacial score (nSPS) is 16.5. The van der Waals surface area contributed by atoms with E-state index < -0.39 is 24.9 Å². The van der Waals surface area contributed by atoms with Crippen molar-refractivity contribution < 1.29 is 20.4 Å². The van der Waals surface area contributed by atoms with E-state index in [0.717, 1.165) is 6.21 Å². The molecule has 0 spiro atoms. The summed E-state index contributed by atoms with van der Waals surface area (Å²) in [6.45, 7) is -0.753. The number of hydrogen-bond donors (Lipinski definition) is 8. The second kappa shape index (κ2) is 9.46. The summed E-state index contributed by atoms with van der Waals surface area (Å²) in [6, 6.07) is 0. The Morgan fingerprint density at radius 1 is 1.15 bits per heavy atom. The van der Waals surface area contributed by atoms with E-state index in [-0.39, 0.29) is 15.9 Å². The molecule has 0 rings (SSSR count). The largest absolute Gasteiger partial charge is 0.394 e. The SMILES string of the molecule is NC(=S)N/N=C(/C=N/NC(N)=S)[C@@H](O)[C@H](O)[C@@H](O)CO. The zero-order valence-corrected chi connectivity index (χ0v) is 11.8. The molecule has 0 saturated heterocycles. The van der Waals surface area contributed by atoms with Gasteiger partial charge in [-0.2, -0.15) is 10.2 Å². The smallest absolute Gasteiger partial charge is 0.184 e. The van der Waals surface area contributed by atoms with Gasteiger partial charge >= 0.3 is 0 Å². The number of nitrogens with one attached hydrogen (secondary N) is 2. The van der Waals surface area contributed by atoms with Gasteiger partial charge in [-0.05, 0) is 24.4 Å². The van der Waals surface area contributed by atoms with Gasteiger partial charge in [-0.3, -0.25) is 10.9 Å². The number of nitrogens with two attached hydrogens (primary N) is 2. The Morgan fingerprint density at radius 2 is 1.70 bits per heavy atom. The van der Waals surface area contributed by atoms with Crippen LogP contribution >= 0.6 is 24.4 Å². The molecular weight excluding hydrogens is 308 g/mol. The third-order valence-electron chi connectivity index (χ3n) is 1.87. The van der Waals surface area contributed by atoms with Crippen molar-refractivity contribution in [1.29, 1.82) is 0 Å². The zero-order valence-electron chi connectivity index (χ0n) is 10.2. The number of aliphatic hydroxyl groups is 4. The fourth-order valence-electron chi connectivity index (χ4n) is 0.946. The van der Waals surface area contributed by atoms with Crippen molar-refractivity contribution in [3.63, 3.8) is 0 Å². The lowest BCUT2D eigenvalue weighted by Crippen LogP contribution is -2.45. The fraction of sp³-hybridized carbons (Fsp3) is 0.500. The van der Waals surface area contributed by atoms with Crippen LogP contribution in [0.3, 0.4) is 0 Å². The van der Waals surface area contributed by atoms with E-state index >= 15 is 0 Å². The van der Waals surface area contributed by atoms with E-state index in [0.29, 0.717) is 0 Å². The highest BCUT2D eigenvalue weighted by molar-refractivity contribution is 7.80. The van der Waals surface area contributed by atoms with Crippen molar-refractivity contribution >= 4 is 46.6 Å². The maximum atomic E-state index is 9.80. The Balaban J connectivity index is 5.00. The third kappa shape index (κ3) is 7.22. The maximum Gasteiger partial charge on any atom is 0.184 e. The molecule has 0 unspecified atom stereocenters. The van der Waals surface area contributed by atoms with Gasteiger partial charge in [-0.1, -0.05) is 0 Å². The molecule has 0 aliphatic heterocycles. The van der Waals surface area contributed by atoms with Gasteiger partial charge in [0.25, 0.3) is 0 Å². The standard InChI is InChI=1S/C8H16N6O4S2/c9-7(19)13-11-1-3(12-14-8(10)20)5(17)6(18)4(16)2-15/h1,4-6,15-18H,2H2,(H3,9,13,19)(H3,10,14,20)/b11-1+,12-3-/t4-,5+,6+/m0/s1. The molecule has 3 atom stereocenters. The summed E-state index contributed by atoms with van der Waals surface area (Å²) in [6.07, 6.45) is -3.97. The van der Waals surface area contributed by atoms with Crippen LogP contribution in [0.15, 0.2) is 10.2 Å². The molecule has 10 N–H and O–H groups in total. The second-order valence-electron chi connectivity index (χ2n) is 3.43. The van der Waals surface area contributed by atoms with E-state index in [1.807, 2.05) is 0 Å². The van der Waals surface area contributed by atoms with Gasteiger partial charge in [0.1, 0.15) is 24.0 Å². The van der Waals surface area contributed by atoms with Crippen LogP contribution in [-0.4, -0.2) is 67.5 Å². The molecule has 20 heavy (non-hydrogen) atoms. The topological polar surface area (TPSA) is 182 Å². The first-order valence-electron chi connectivity index (χ1n) is 5.16. The van der Waals surface area contributed by atoms with Crippen molar-refractivity contribution in [2.45, 2.75) is 18.3 Å². The predicted octanol–water partition coefficient (Wildman–Crippen LogP) is -3.93. The van der Waals surface area contributed by atoms with Crippen LogP contribution in [0.5, 0.6) is 0 Å². The Labute approximate surface area is 125 Å². The molecule has 0 saturated carbocycles. The Kier molecular flexibility index (Phi) is 8.78. The van der Waals surface area contributed by atoms with E-state index in [1.165, 1.54) is 0 Å². The minimum Gasteiger partial charge on any atom is -0.394 e. The fourth-order valence-corrected chi connectivity index (χ4v) is 1.04. The van der Waals surface area contributed by atoms with Crippen molar-refractivity contribution in [1.82, 2.24) is 10.9 Å². The van der Waals surface area contributed by atoms with Crippen molar-refractivity contribution in [3.8, 4) is 0 Å². The van der Waals surface area contributed by atoms with E-state index in [2.05, 4.69) is 45.5 Å². The molecule has 0 aromatic heterocycles. The minimum absolute atomic E-state index is 0.131. The highest BCUT2D eigenvalue weighted by Crippen LogP contribution is 2.01. The maximum absolute atomic E-state index is 9.80. The summed E-state index contributed by atoms with van der Waals surface area (Å²) in [5, 5.41) is 44.1. The summed E-state index contributed by atoms with van der Waals surface area (Å²) in [7, 11) is 0. The first-order valence-corrected chi connectivity index (χ1v) is 5.97. The van der Waals surface area contributed by atoms with Gasteiger partial charge in [0.15, 0.2) is 10.2 Å². The van der Waals surface area contributed by atoms with Crippen LogP contribution in [0.25, 0.3) is 0 Å². The van der Waals surface area contributed by atoms with Gasteiger partial charge in [0.05, 0.1) is 12.8 Å². The number of rotatable bonds is 7. The van der Waals surface area contributed by atoms with E-state index in [4.69, 9.17) is 16.6 Å². The molecule has 0 radical (unpaired) electrons. The molecule has 0 aromatic carbocycles. The summed E-state index contributed by atoms with van der Waals surface area (Å²) in [4.78, 5) is 0. The summed E-state index contributed by atoms with van der Waals surface area (Å²) in [5.41, 5.74) is 14.4. The van der Waals surface area contributed by atoms with Gasteiger partial charge in [-0.25, -0.2) is 0 Å². The summed E-state index contributed by atoms with van der Waals surface area (Å²) >= 11 is 9.02. The Bertz CT molecular complexity index is 404. The molecule has 0 heterocycles. The van der Waals surface area contributed by atoms with Crippen molar-refractivity contribution in [2.24, 2.45) is 21.7 Å². The quantitative estimate of drug-likeness (QED) is 0.131. The van der Waals surface area contributed by atoms with E-state index in [1.54, 1.807) is 0 Å². The molecule has 12 heteroatoms.